The van der Waals surface area contributed by atoms with Gasteiger partial charge in [0.05, 0.1) is 13.7 Å². The van der Waals surface area contributed by atoms with Crippen LogP contribution in [0.4, 0.5) is 0 Å². The van der Waals surface area contributed by atoms with Crippen molar-refractivity contribution < 1.29 is 14.3 Å². The van der Waals surface area contributed by atoms with Gasteiger partial charge in [-0.05, 0) is 35.2 Å². The molecule has 0 aliphatic carbocycles. The number of esters is 1. The van der Waals surface area contributed by atoms with Gasteiger partial charge in [-0.3, -0.25) is 0 Å². The summed E-state index contributed by atoms with van der Waals surface area (Å²) in [5.41, 5.74) is 0.758. The van der Waals surface area contributed by atoms with E-state index in [9.17, 15) is 4.79 Å². The Morgan fingerprint density at radius 2 is 2.33 bits per heavy atom. The molecule has 5 nitrogen and oxygen atoms in total. The lowest BCUT2D eigenvalue weighted by atomic mass is 10.2. The van der Waals surface area contributed by atoms with E-state index in [2.05, 4.69) is 25.9 Å². The van der Waals surface area contributed by atoms with Crippen LogP contribution in [0.25, 0.3) is 6.08 Å². The molecule has 1 heterocycles. The van der Waals surface area contributed by atoms with Crippen LogP contribution in [0.2, 0.25) is 0 Å². The number of carbonyl (C=O) groups is 1. The Morgan fingerprint density at radius 1 is 1.61 bits per heavy atom. The molecule has 0 atom stereocenters. The summed E-state index contributed by atoms with van der Waals surface area (Å²) in [5, 5.41) is 0.514. The molecule has 0 amide bonds. The quantitative estimate of drug-likeness (QED) is 0.357. The molecule has 0 N–H and O–H groups in total. The van der Waals surface area contributed by atoms with E-state index < -0.39 is 5.97 Å². The molecule has 0 aromatic carbocycles. The van der Waals surface area contributed by atoms with Crippen LogP contribution in [-0.2, 0) is 9.47 Å². The second-order valence-electron chi connectivity index (χ2n) is 3.03. The summed E-state index contributed by atoms with van der Waals surface area (Å²) in [6, 6.07) is 0. The molecule has 0 spiro atoms. The monoisotopic (exact) mass is 332 g/mol. The lowest BCUT2D eigenvalue weighted by molar-refractivity contribution is 0.0592. The van der Waals surface area contributed by atoms with E-state index >= 15 is 0 Å². The minimum absolute atomic E-state index is 0.216. The fourth-order valence-electron chi connectivity index (χ4n) is 1.14. The van der Waals surface area contributed by atoms with Gasteiger partial charge in [-0.2, -0.15) is 0 Å². The highest BCUT2D eigenvalue weighted by Crippen LogP contribution is 2.18. The third-order valence-electron chi connectivity index (χ3n) is 1.91. The normalized spacial score (nSPS) is 11.2. The van der Waals surface area contributed by atoms with Gasteiger partial charge in [0.15, 0.2) is 15.5 Å². The highest BCUT2D eigenvalue weighted by Gasteiger charge is 2.14. The fourth-order valence-corrected chi connectivity index (χ4v) is 1.96. The van der Waals surface area contributed by atoms with Crippen molar-refractivity contribution in [3.8, 4) is 0 Å². The van der Waals surface area contributed by atoms with E-state index in [0.29, 0.717) is 22.0 Å². The number of ether oxygens (including phenoxy) is 2. The van der Waals surface area contributed by atoms with Crippen molar-refractivity contribution in [2.24, 2.45) is 0 Å². The molecule has 0 radical (unpaired) electrons. The predicted molar refractivity (Wildman–Crippen MR) is 73.7 cm³/mol. The lowest BCUT2D eigenvalue weighted by Gasteiger charge is -2.06. The second kappa shape index (κ2) is 7.38. The minimum Gasteiger partial charge on any atom is -0.487 e. The smallest absolute Gasteiger partial charge is 0.357 e. The first-order valence-electron chi connectivity index (χ1n) is 5.11. The number of nitrogens with zero attached hydrogens (tertiary/aromatic N) is 2. The molecule has 0 aliphatic rings. The Kier molecular flexibility index (Phi) is 6.14. The molecule has 0 bridgehead atoms. The number of hydrogen-bond donors (Lipinski definition) is 0. The van der Waals surface area contributed by atoms with Gasteiger partial charge in [0.2, 0.25) is 0 Å². The third kappa shape index (κ3) is 3.99. The molecule has 1 aromatic heterocycles. The Hall–Kier alpha value is -1.08. The summed E-state index contributed by atoms with van der Waals surface area (Å²) in [4.78, 5) is 19.9. The van der Waals surface area contributed by atoms with Crippen molar-refractivity contribution in [1.82, 2.24) is 9.97 Å². The summed E-state index contributed by atoms with van der Waals surface area (Å²) in [6.45, 7) is 2.39. The van der Waals surface area contributed by atoms with Crippen LogP contribution in [0.5, 0.6) is 0 Å². The summed E-state index contributed by atoms with van der Waals surface area (Å²) >= 11 is 4.60. The van der Waals surface area contributed by atoms with E-state index in [4.69, 9.17) is 9.47 Å². The second-order valence-corrected chi connectivity index (χ2v) is 4.59. The number of aromatic nitrogens is 2. The highest BCUT2D eigenvalue weighted by atomic mass is 79.9. The van der Waals surface area contributed by atoms with E-state index in [1.54, 1.807) is 12.3 Å². The maximum absolute atomic E-state index is 11.6. The number of methoxy groups -OCH3 is 1. The van der Waals surface area contributed by atoms with Crippen molar-refractivity contribution in [2.45, 2.75) is 12.1 Å². The first-order valence-corrected chi connectivity index (χ1v) is 7.13. The van der Waals surface area contributed by atoms with Crippen LogP contribution in [-0.4, -0.2) is 35.9 Å². The molecule has 0 saturated carbocycles. The third-order valence-corrected chi connectivity index (χ3v) is 2.93. The first kappa shape index (κ1) is 15.0. The van der Waals surface area contributed by atoms with Crippen LogP contribution >= 0.6 is 27.7 Å². The molecule has 1 rings (SSSR count). The molecular weight excluding hydrogens is 320 g/mol. The van der Waals surface area contributed by atoms with Crippen molar-refractivity contribution >= 4 is 39.7 Å². The standard InChI is InChI=1S/C11H13BrN2O3S/c1-4-17-8(12)5-7-6-13-11(18-3)14-9(7)10(15)16-2/h5-6H,4H2,1-3H3/b8-5+. The van der Waals surface area contributed by atoms with Crippen LogP contribution in [0, 0.1) is 0 Å². The average Bonchev–Trinajstić information content (AvgIpc) is 2.38. The molecule has 0 saturated heterocycles. The molecule has 1 aromatic rings. The lowest BCUT2D eigenvalue weighted by Crippen LogP contribution is -2.08. The van der Waals surface area contributed by atoms with E-state index in [1.807, 2.05) is 13.2 Å². The molecular formula is C11H13BrN2O3S. The van der Waals surface area contributed by atoms with Crippen LogP contribution in [0.15, 0.2) is 16.0 Å². The number of hydrogen-bond acceptors (Lipinski definition) is 6. The van der Waals surface area contributed by atoms with Gasteiger partial charge in [0.25, 0.3) is 0 Å². The van der Waals surface area contributed by atoms with Gasteiger partial charge in [-0.15, -0.1) is 0 Å². The van der Waals surface area contributed by atoms with Gasteiger partial charge >= 0.3 is 5.97 Å². The summed E-state index contributed by atoms with van der Waals surface area (Å²) in [7, 11) is 1.31. The molecule has 0 unspecified atom stereocenters. The molecule has 0 fully saturated rings. The van der Waals surface area contributed by atoms with Crippen LogP contribution in [0.1, 0.15) is 23.0 Å². The zero-order valence-electron chi connectivity index (χ0n) is 10.3. The Balaban J connectivity index is 3.17. The van der Waals surface area contributed by atoms with Crippen molar-refractivity contribution in [2.75, 3.05) is 20.0 Å². The largest absolute Gasteiger partial charge is 0.487 e. The number of rotatable bonds is 5. The van der Waals surface area contributed by atoms with Gasteiger partial charge in [0.1, 0.15) is 0 Å². The van der Waals surface area contributed by atoms with E-state index in [-0.39, 0.29) is 5.69 Å². The zero-order valence-corrected chi connectivity index (χ0v) is 12.7. The van der Waals surface area contributed by atoms with Crippen molar-refractivity contribution in [3.63, 3.8) is 0 Å². The van der Waals surface area contributed by atoms with Crippen molar-refractivity contribution in [3.05, 3.63) is 22.1 Å². The molecule has 7 heteroatoms. The van der Waals surface area contributed by atoms with Gasteiger partial charge in [-0.25, -0.2) is 14.8 Å². The topological polar surface area (TPSA) is 61.3 Å². The van der Waals surface area contributed by atoms with Crippen LogP contribution in [0.3, 0.4) is 0 Å². The van der Waals surface area contributed by atoms with E-state index in [0.717, 1.165) is 0 Å². The Bertz CT molecular complexity index is 466. The maximum atomic E-state index is 11.6. The average molecular weight is 333 g/mol. The minimum atomic E-state index is -0.504. The number of thioether (sulfide) groups is 1. The molecule has 18 heavy (non-hydrogen) atoms. The first-order chi connectivity index (χ1) is 8.62. The Labute approximate surface area is 118 Å². The van der Waals surface area contributed by atoms with E-state index in [1.165, 1.54) is 18.9 Å². The summed E-state index contributed by atoms with van der Waals surface area (Å²) in [6.07, 6.45) is 5.03. The molecule has 0 aliphatic heterocycles. The number of carbonyl (C=O) groups excluding carboxylic acids is 1. The zero-order chi connectivity index (χ0) is 13.5. The summed E-state index contributed by atoms with van der Waals surface area (Å²) in [5.74, 6) is -0.504. The SMILES string of the molecule is CCO/C(Br)=C/c1cnc(SC)nc1C(=O)OC. The maximum Gasteiger partial charge on any atom is 0.357 e. The summed E-state index contributed by atoms with van der Waals surface area (Å²) < 4.78 is 10.4. The van der Waals surface area contributed by atoms with Gasteiger partial charge in [0, 0.05) is 11.8 Å². The predicted octanol–water partition coefficient (Wildman–Crippen LogP) is 2.71. The van der Waals surface area contributed by atoms with Crippen LogP contribution < -0.4 is 0 Å². The van der Waals surface area contributed by atoms with Gasteiger partial charge in [-0.1, -0.05) is 11.8 Å². The molecule has 98 valence electrons. The number of halogens is 1. The van der Waals surface area contributed by atoms with Gasteiger partial charge < -0.3 is 9.47 Å². The highest BCUT2D eigenvalue weighted by molar-refractivity contribution is 9.11. The fraction of sp³-hybridized carbons (Fsp3) is 0.364. The Morgan fingerprint density at radius 3 is 2.89 bits per heavy atom. The van der Waals surface area contributed by atoms with Crippen molar-refractivity contribution in [1.29, 1.82) is 0 Å².